The number of pyridine rings is 1. The minimum Gasteiger partial charge on any atom is -0.256 e. The lowest BCUT2D eigenvalue weighted by atomic mass is 10.1. The van der Waals surface area contributed by atoms with Gasteiger partial charge in [-0.25, -0.2) is 0 Å². The van der Waals surface area contributed by atoms with Crippen molar-refractivity contribution < 1.29 is 0 Å². The minimum atomic E-state index is 1.01. The first kappa shape index (κ1) is 8.95. The molecule has 1 heteroatoms. The Labute approximate surface area is 84.5 Å². The molecule has 0 unspecified atom stereocenters. The lowest BCUT2D eigenvalue weighted by Crippen LogP contribution is -1.86. The quantitative estimate of drug-likeness (QED) is 0.651. The van der Waals surface area contributed by atoms with E-state index in [2.05, 4.69) is 47.5 Å². The van der Waals surface area contributed by atoms with Gasteiger partial charge in [0, 0.05) is 6.20 Å². The van der Waals surface area contributed by atoms with Gasteiger partial charge < -0.3 is 0 Å². The molecule has 0 amide bonds. The Morgan fingerprint density at radius 1 is 1.21 bits per heavy atom. The molecular formula is C13H13N. The molecule has 1 nitrogen and oxygen atoms in total. The van der Waals surface area contributed by atoms with Gasteiger partial charge in [0.05, 0.1) is 5.69 Å². The van der Waals surface area contributed by atoms with E-state index in [0.29, 0.717) is 0 Å². The molecule has 1 aliphatic rings. The smallest absolute Gasteiger partial charge is 0.0702 e. The van der Waals surface area contributed by atoms with Crippen LogP contribution >= 0.6 is 0 Å². The van der Waals surface area contributed by atoms with Crippen LogP contribution in [0.5, 0.6) is 0 Å². The Bertz CT molecular complexity index is 394. The highest BCUT2D eigenvalue weighted by Gasteiger charge is 1.98. The van der Waals surface area contributed by atoms with Gasteiger partial charge in [0.1, 0.15) is 0 Å². The molecule has 0 atom stereocenters. The van der Waals surface area contributed by atoms with Crippen molar-refractivity contribution in [3.05, 3.63) is 60.0 Å². The average molecular weight is 183 g/mol. The van der Waals surface area contributed by atoms with Gasteiger partial charge in [0.2, 0.25) is 0 Å². The number of hydrogen-bond donors (Lipinski definition) is 0. The molecule has 2 rings (SSSR count). The third kappa shape index (κ3) is 1.99. The minimum absolute atomic E-state index is 1.01. The normalized spacial score (nSPS) is 15.1. The first-order valence-electron chi connectivity index (χ1n) is 4.83. The van der Waals surface area contributed by atoms with Crippen molar-refractivity contribution in [3.8, 4) is 0 Å². The molecular weight excluding hydrogens is 170 g/mol. The molecule has 1 aromatic heterocycles. The largest absolute Gasteiger partial charge is 0.256 e. The van der Waals surface area contributed by atoms with Crippen molar-refractivity contribution in [1.82, 2.24) is 4.98 Å². The highest BCUT2D eigenvalue weighted by atomic mass is 14.7. The van der Waals surface area contributed by atoms with Crippen molar-refractivity contribution in [2.45, 2.75) is 13.3 Å². The van der Waals surface area contributed by atoms with Crippen molar-refractivity contribution in [3.63, 3.8) is 0 Å². The highest BCUT2D eigenvalue weighted by Crippen LogP contribution is 2.16. The molecule has 1 aromatic rings. The standard InChI is InChI=1S/C13H13N/c1-11-8-9-13(14-10-11)12-6-4-2-3-5-7-12/h2,4-10H,3H2,1H3. The van der Waals surface area contributed by atoms with Gasteiger partial charge >= 0.3 is 0 Å². The summed E-state index contributed by atoms with van der Waals surface area (Å²) < 4.78 is 0. The van der Waals surface area contributed by atoms with Crippen molar-refractivity contribution >= 4 is 5.57 Å². The Morgan fingerprint density at radius 3 is 2.93 bits per heavy atom. The molecule has 0 N–H and O–H groups in total. The summed E-state index contributed by atoms with van der Waals surface area (Å²) in [6.07, 6.45) is 13.5. The van der Waals surface area contributed by atoms with Crippen LogP contribution in [0.2, 0.25) is 0 Å². The predicted octanol–water partition coefficient (Wildman–Crippen LogP) is 3.29. The van der Waals surface area contributed by atoms with Crippen LogP contribution in [-0.4, -0.2) is 4.98 Å². The fraction of sp³-hybridized carbons (Fsp3) is 0.154. The van der Waals surface area contributed by atoms with Crippen LogP contribution in [-0.2, 0) is 0 Å². The van der Waals surface area contributed by atoms with Crippen LogP contribution in [0.25, 0.3) is 5.57 Å². The molecule has 0 fully saturated rings. The molecule has 14 heavy (non-hydrogen) atoms. The summed E-state index contributed by atoms with van der Waals surface area (Å²) in [4.78, 5) is 4.39. The second-order valence-corrected chi connectivity index (χ2v) is 3.41. The monoisotopic (exact) mass is 183 g/mol. The van der Waals surface area contributed by atoms with Gasteiger partial charge in [-0.2, -0.15) is 0 Å². The van der Waals surface area contributed by atoms with E-state index in [1.165, 1.54) is 11.1 Å². The van der Waals surface area contributed by atoms with E-state index in [0.717, 1.165) is 12.1 Å². The van der Waals surface area contributed by atoms with Gasteiger partial charge in [0.25, 0.3) is 0 Å². The molecule has 0 spiro atoms. The Hall–Kier alpha value is -1.63. The summed E-state index contributed by atoms with van der Waals surface area (Å²) >= 11 is 0. The predicted molar refractivity (Wildman–Crippen MR) is 59.8 cm³/mol. The number of rotatable bonds is 1. The molecule has 0 saturated carbocycles. The van der Waals surface area contributed by atoms with Gasteiger partial charge in [-0.1, -0.05) is 36.4 Å². The zero-order valence-electron chi connectivity index (χ0n) is 8.27. The van der Waals surface area contributed by atoms with Crippen LogP contribution in [0.15, 0.2) is 48.7 Å². The Kier molecular flexibility index (Phi) is 2.59. The van der Waals surface area contributed by atoms with Crippen molar-refractivity contribution in [2.75, 3.05) is 0 Å². The third-order valence-corrected chi connectivity index (χ3v) is 2.19. The lowest BCUT2D eigenvalue weighted by Gasteiger charge is -2.00. The topological polar surface area (TPSA) is 12.9 Å². The second kappa shape index (κ2) is 4.05. The van der Waals surface area contributed by atoms with Gasteiger partial charge in [-0.05, 0) is 30.5 Å². The molecule has 70 valence electrons. The van der Waals surface area contributed by atoms with Crippen LogP contribution in [0, 0.1) is 6.92 Å². The van der Waals surface area contributed by atoms with Gasteiger partial charge in [-0.15, -0.1) is 0 Å². The van der Waals surface area contributed by atoms with E-state index < -0.39 is 0 Å². The maximum Gasteiger partial charge on any atom is 0.0702 e. The van der Waals surface area contributed by atoms with Crippen LogP contribution in [0.4, 0.5) is 0 Å². The van der Waals surface area contributed by atoms with E-state index in [1.54, 1.807) is 0 Å². The number of nitrogens with zero attached hydrogens (tertiary/aromatic N) is 1. The summed E-state index contributed by atoms with van der Waals surface area (Å²) in [5.74, 6) is 0. The number of hydrogen-bond acceptors (Lipinski definition) is 1. The van der Waals surface area contributed by atoms with E-state index >= 15 is 0 Å². The van der Waals surface area contributed by atoms with Gasteiger partial charge in [-0.3, -0.25) is 4.98 Å². The number of aromatic nitrogens is 1. The molecule has 1 aliphatic carbocycles. The van der Waals surface area contributed by atoms with Crippen LogP contribution in [0.1, 0.15) is 17.7 Å². The van der Waals surface area contributed by atoms with Crippen LogP contribution < -0.4 is 0 Å². The maximum atomic E-state index is 4.39. The molecule has 0 saturated heterocycles. The summed E-state index contributed by atoms with van der Waals surface area (Å²) in [6.45, 7) is 2.05. The van der Waals surface area contributed by atoms with Crippen LogP contribution in [0.3, 0.4) is 0 Å². The number of allylic oxidation sites excluding steroid dienone is 6. The molecule has 1 heterocycles. The molecule has 0 aromatic carbocycles. The third-order valence-electron chi connectivity index (χ3n) is 2.19. The van der Waals surface area contributed by atoms with E-state index in [1.807, 2.05) is 13.1 Å². The van der Waals surface area contributed by atoms with E-state index in [9.17, 15) is 0 Å². The number of aryl methyl sites for hydroxylation is 1. The Balaban J connectivity index is 2.34. The zero-order chi connectivity index (χ0) is 9.80. The summed E-state index contributed by atoms with van der Waals surface area (Å²) in [7, 11) is 0. The molecule has 0 aliphatic heterocycles. The highest BCUT2D eigenvalue weighted by molar-refractivity contribution is 5.73. The fourth-order valence-electron chi connectivity index (χ4n) is 1.39. The first-order valence-corrected chi connectivity index (χ1v) is 4.83. The van der Waals surface area contributed by atoms with E-state index in [-0.39, 0.29) is 0 Å². The Morgan fingerprint density at radius 2 is 2.14 bits per heavy atom. The second-order valence-electron chi connectivity index (χ2n) is 3.41. The lowest BCUT2D eigenvalue weighted by molar-refractivity contribution is 1.23. The zero-order valence-corrected chi connectivity index (χ0v) is 8.27. The molecule has 0 bridgehead atoms. The summed E-state index contributed by atoms with van der Waals surface area (Å²) in [6, 6.07) is 4.15. The fourth-order valence-corrected chi connectivity index (χ4v) is 1.39. The summed E-state index contributed by atoms with van der Waals surface area (Å²) in [5, 5.41) is 0. The van der Waals surface area contributed by atoms with Crippen molar-refractivity contribution in [1.29, 1.82) is 0 Å². The van der Waals surface area contributed by atoms with E-state index in [4.69, 9.17) is 0 Å². The maximum absolute atomic E-state index is 4.39. The SMILES string of the molecule is Cc1ccc(C2=CC=CCC=C2)nc1. The van der Waals surface area contributed by atoms with Crippen molar-refractivity contribution in [2.24, 2.45) is 0 Å². The average Bonchev–Trinajstić information content (AvgIpc) is 2.47. The summed E-state index contributed by atoms with van der Waals surface area (Å²) in [5.41, 5.74) is 3.42. The molecule has 0 radical (unpaired) electrons. The van der Waals surface area contributed by atoms with Gasteiger partial charge in [0.15, 0.2) is 0 Å². The first-order chi connectivity index (χ1) is 6.86.